The first kappa shape index (κ1) is 11.3. The molecular weight excluding hydrogens is 246 g/mol. The Hall–Kier alpha value is -2.77. The van der Waals surface area contributed by atoms with Gasteiger partial charge in [-0.1, -0.05) is 0 Å². The largest absolute Gasteiger partial charge is 0.342 e. The number of hydrogen-bond acceptors (Lipinski definition) is 5. The predicted octanol–water partition coefficient (Wildman–Crippen LogP) is 0.338. The van der Waals surface area contributed by atoms with E-state index in [0.29, 0.717) is 16.9 Å². The van der Waals surface area contributed by atoms with Gasteiger partial charge in [0.2, 0.25) is 0 Å². The molecule has 0 spiro atoms. The van der Waals surface area contributed by atoms with Crippen molar-refractivity contribution in [1.82, 2.24) is 35.1 Å². The predicted molar refractivity (Wildman–Crippen MR) is 65.3 cm³/mol. The van der Waals surface area contributed by atoms with Crippen LogP contribution < -0.4 is 5.32 Å². The van der Waals surface area contributed by atoms with Crippen LogP contribution in [0.15, 0.2) is 31.1 Å². The smallest absolute Gasteiger partial charge is 0.255 e. The van der Waals surface area contributed by atoms with Crippen molar-refractivity contribution in [3.63, 3.8) is 0 Å². The normalized spacial score (nSPS) is 12.5. The minimum Gasteiger partial charge on any atom is -0.342 e. The number of nitrogens with zero attached hydrogens (tertiary/aromatic N) is 5. The summed E-state index contributed by atoms with van der Waals surface area (Å²) in [6, 6.07) is -0.262. The summed E-state index contributed by atoms with van der Waals surface area (Å²) in [6.07, 6.45) is 7.81. The maximum atomic E-state index is 12.2. The molecule has 3 aromatic heterocycles. The quantitative estimate of drug-likeness (QED) is 0.704. The van der Waals surface area contributed by atoms with E-state index >= 15 is 0 Å². The molecule has 96 valence electrons. The van der Waals surface area contributed by atoms with Crippen LogP contribution in [0.25, 0.3) is 5.52 Å². The van der Waals surface area contributed by atoms with Gasteiger partial charge in [-0.05, 0) is 6.92 Å². The summed E-state index contributed by atoms with van der Waals surface area (Å²) in [7, 11) is 0. The zero-order valence-electron chi connectivity index (χ0n) is 10.1. The highest BCUT2D eigenvalue weighted by Crippen LogP contribution is 2.11. The van der Waals surface area contributed by atoms with E-state index < -0.39 is 0 Å². The molecule has 1 amide bonds. The van der Waals surface area contributed by atoms with E-state index in [1.165, 1.54) is 12.5 Å². The van der Waals surface area contributed by atoms with E-state index in [0.717, 1.165) is 0 Å². The van der Waals surface area contributed by atoms with Crippen molar-refractivity contribution in [2.45, 2.75) is 13.0 Å². The standard InChI is InChI=1S/C11H11N7O/c1-7(10-13-6-14-17-10)16-11(19)8-4-15-18-3-2-12-5-9(8)18/h2-7H,1H3,(H,16,19)(H,13,14,17). The lowest BCUT2D eigenvalue weighted by molar-refractivity contribution is 0.0940. The zero-order valence-corrected chi connectivity index (χ0v) is 10.1. The summed E-state index contributed by atoms with van der Waals surface area (Å²) in [5.41, 5.74) is 1.13. The fraction of sp³-hybridized carbons (Fsp3) is 0.182. The Bertz CT molecular complexity index is 703. The van der Waals surface area contributed by atoms with Gasteiger partial charge in [0.1, 0.15) is 12.2 Å². The van der Waals surface area contributed by atoms with E-state index in [1.54, 1.807) is 23.1 Å². The lowest BCUT2D eigenvalue weighted by Crippen LogP contribution is -2.27. The van der Waals surface area contributed by atoms with Crippen molar-refractivity contribution in [1.29, 1.82) is 0 Å². The van der Waals surface area contributed by atoms with Crippen molar-refractivity contribution in [3.05, 3.63) is 42.5 Å². The monoisotopic (exact) mass is 257 g/mol. The van der Waals surface area contributed by atoms with Crippen LogP contribution in [0.5, 0.6) is 0 Å². The first-order chi connectivity index (χ1) is 9.25. The fourth-order valence-electron chi connectivity index (χ4n) is 1.78. The summed E-state index contributed by atoms with van der Waals surface area (Å²) < 4.78 is 1.60. The van der Waals surface area contributed by atoms with E-state index in [2.05, 4.69) is 30.6 Å². The summed E-state index contributed by atoms with van der Waals surface area (Å²) in [6.45, 7) is 1.82. The summed E-state index contributed by atoms with van der Waals surface area (Å²) in [5.74, 6) is 0.370. The van der Waals surface area contributed by atoms with Crippen LogP contribution in [0, 0.1) is 0 Å². The van der Waals surface area contributed by atoms with E-state index in [-0.39, 0.29) is 11.9 Å². The molecule has 0 aliphatic carbocycles. The Balaban J connectivity index is 1.84. The molecule has 0 aromatic carbocycles. The summed E-state index contributed by atoms with van der Waals surface area (Å²) >= 11 is 0. The number of H-pyrrole nitrogens is 1. The van der Waals surface area contributed by atoms with Gasteiger partial charge in [-0.15, -0.1) is 0 Å². The SMILES string of the molecule is CC(NC(=O)c1cnn2ccncc12)c1ncn[nH]1. The number of fused-ring (bicyclic) bond motifs is 1. The van der Waals surface area contributed by atoms with Gasteiger partial charge in [0.25, 0.3) is 5.91 Å². The third-order valence-electron chi connectivity index (χ3n) is 2.76. The molecular formula is C11H11N7O. The Morgan fingerprint density at radius 3 is 3.16 bits per heavy atom. The highest BCUT2D eigenvalue weighted by Gasteiger charge is 2.17. The number of hydrogen-bond donors (Lipinski definition) is 2. The van der Waals surface area contributed by atoms with Gasteiger partial charge in [-0.25, -0.2) is 9.50 Å². The summed E-state index contributed by atoms with van der Waals surface area (Å²) in [5, 5.41) is 13.4. The van der Waals surface area contributed by atoms with Crippen molar-refractivity contribution < 1.29 is 4.79 Å². The minimum atomic E-state index is -0.262. The highest BCUT2D eigenvalue weighted by atomic mass is 16.1. The van der Waals surface area contributed by atoms with E-state index in [9.17, 15) is 4.79 Å². The number of carbonyl (C=O) groups excluding carboxylic acids is 1. The Morgan fingerprint density at radius 1 is 1.47 bits per heavy atom. The van der Waals surface area contributed by atoms with Crippen molar-refractivity contribution >= 4 is 11.4 Å². The van der Waals surface area contributed by atoms with Gasteiger partial charge in [0, 0.05) is 12.4 Å². The number of rotatable bonds is 3. The van der Waals surface area contributed by atoms with Gasteiger partial charge in [0.05, 0.1) is 29.5 Å². The maximum Gasteiger partial charge on any atom is 0.255 e. The van der Waals surface area contributed by atoms with Crippen molar-refractivity contribution in [2.75, 3.05) is 0 Å². The molecule has 0 radical (unpaired) electrons. The summed E-state index contributed by atoms with van der Waals surface area (Å²) in [4.78, 5) is 20.2. The Labute approximate surface area is 107 Å². The molecule has 8 nitrogen and oxygen atoms in total. The van der Waals surface area contributed by atoms with Gasteiger partial charge in [-0.3, -0.25) is 14.9 Å². The van der Waals surface area contributed by atoms with Crippen LogP contribution in [0.4, 0.5) is 0 Å². The second-order valence-electron chi connectivity index (χ2n) is 4.03. The highest BCUT2D eigenvalue weighted by molar-refractivity contribution is 6.00. The molecule has 0 aliphatic rings. The van der Waals surface area contributed by atoms with Crippen LogP contribution in [-0.2, 0) is 0 Å². The Kier molecular flexibility index (Phi) is 2.67. The minimum absolute atomic E-state index is 0.230. The van der Waals surface area contributed by atoms with E-state index in [4.69, 9.17) is 0 Å². The lowest BCUT2D eigenvalue weighted by atomic mass is 10.2. The molecule has 0 saturated heterocycles. The topological polar surface area (TPSA) is 101 Å². The van der Waals surface area contributed by atoms with Gasteiger partial charge in [-0.2, -0.15) is 10.2 Å². The Morgan fingerprint density at radius 2 is 2.37 bits per heavy atom. The third-order valence-corrected chi connectivity index (χ3v) is 2.76. The number of nitrogens with one attached hydrogen (secondary N) is 2. The van der Waals surface area contributed by atoms with Crippen LogP contribution >= 0.6 is 0 Å². The maximum absolute atomic E-state index is 12.2. The van der Waals surface area contributed by atoms with Gasteiger partial charge in [0.15, 0.2) is 0 Å². The number of amides is 1. The fourth-order valence-corrected chi connectivity index (χ4v) is 1.78. The second-order valence-corrected chi connectivity index (χ2v) is 4.03. The van der Waals surface area contributed by atoms with Crippen molar-refractivity contribution in [2.24, 2.45) is 0 Å². The van der Waals surface area contributed by atoms with Gasteiger partial charge < -0.3 is 5.32 Å². The molecule has 1 atom stereocenters. The molecule has 2 N–H and O–H groups in total. The lowest BCUT2D eigenvalue weighted by Gasteiger charge is -2.09. The molecule has 3 aromatic rings. The first-order valence-corrected chi connectivity index (χ1v) is 5.69. The molecule has 8 heteroatoms. The molecule has 0 fully saturated rings. The van der Waals surface area contributed by atoms with Crippen LogP contribution in [0.1, 0.15) is 29.1 Å². The van der Waals surface area contributed by atoms with Crippen LogP contribution in [0.2, 0.25) is 0 Å². The first-order valence-electron chi connectivity index (χ1n) is 5.69. The molecule has 0 saturated carbocycles. The van der Waals surface area contributed by atoms with Gasteiger partial charge >= 0.3 is 0 Å². The third kappa shape index (κ3) is 2.03. The van der Waals surface area contributed by atoms with Crippen molar-refractivity contribution in [3.8, 4) is 0 Å². The molecule has 0 bridgehead atoms. The zero-order chi connectivity index (χ0) is 13.2. The molecule has 0 aliphatic heterocycles. The molecule has 1 unspecified atom stereocenters. The number of carbonyl (C=O) groups is 1. The van der Waals surface area contributed by atoms with Crippen LogP contribution in [0.3, 0.4) is 0 Å². The molecule has 3 rings (SSSR count). The molecule has 3 heterocycles. The average Bonchev–Trinajstić information content (AvgIpc) is 3.08. The number of aromatic nitrogens is 6. The average molecular weight is 257 g/mol. The van der Waals surface area contributed by atoms with Crippen LogP contribution in [-0.4, -0.2) is 35.7 Å². The van der Waals surface area contributed by atoms with E-state index in [1.807, 2.05) is 6.92 Å². The second kappa shape index (κ2) is 4.48. The number of aromatic amines is 1. The molecule has 19 heavy (non-hydrogen) atoms.